The van der Waals surface area contributed by atoms with E-state index in [0.29, 0.717) is 31.5 Å². The van der Waals surface area contributed by atoms with Crippen LogP contribution in [0.25, 0.3) is 6.08 Å². The van der Waals surface area contributed by atoms with Crippen LogP contribution in [-0.2, 0) is 14.6 Å². The molecule has 0 saturated carbocycles. The summed E-state index contributed by atoms with van der Waals surface area (Å²) >= 11 is 0. The van der Waals surface area contributed by atoms with Crippen molar-refractivity contribution in [2.75, 3.05) is 18.0 Å². The molecule has 2 aromatic carbocycles. The van der Waals surface area contributed by atoms with Gasteiger partial charge in [0.2, 0.25) is 0 Å². The number of anilines is 1. The van der Waals surface area contributed by atoms with Crippen LogP contribution in [0.3, 0.4) is 0 Å². The molecule has 0 unspecified atom stereocenters. The Kier molecular flexibility index (Phi) is 5.93. The number of hydrogen-bond donors (Lipinski definition) is 2. The predicted molar refractivity (Wildman–Crippen MR) is 104 cm³/mol. The number of carbonyl (C=O) groups excluding carboxylic acids is 1. The minimum Gasteiger partial charge on any atom is -0.371 e. The molecule has 3 rings (SSSR count). The summed E-state index contributed by atoms with van der Waals surface area (Å²) in [5.41, 5.74) is 3.04. The summed E-state index contributed by atoms with van der Waals surface area (Å²) in [6, 6.07) is 16.6. The maximum atomic E-state index is 13.2. The van der Waals surface area contributed by atoms with Crippen molar-refractivity contribution in [1.82, 2.24) is 5.48 Å². The maximum Gasteiger partial charge on any atom is 0.267 e. The topological polar surface area (TPSA) is 86.7 Å². The van der Waals surface area contributed by atoms with Crippen molar-refractivity contribution in [2.24, 2.45) is 0 Å². The number of para-hydroxylation sites is 1. The van der Waals surface area contributed by atoms with Crippen molar-refractivity contribution in [2.45, 2.75) is 23.0 Å². The Morgan fingerprint density at radius 1 is 1.04 bits per heavy atom. The number of sulfone groups is 1. The number of piperidine rings is 1. The minimum absolute atomic E-state index is 0.213. The molecule has 0 aliphatic carbocycles. The zero-order chi connectivity index (χ0) is 19.3. The van der Waals surface area contributed by atoms with E-state index in [2.05, 4.69) is 4.90 Å². The lowest BCUT2D eigenvalue weighted by atomic mass is 10.1. The third-order valence-electron chi connectivity index (χ3n) is 4.75. The average molecular weight is 386 g/mol. The average Bonchev–Trinajstić information content (AvgIpc) is 2.73. The van der Waals surface area contributed by atoms with Crippen LogP contribution >= 0.6 is 0 Å². The number of hydrogen-bond acceptors (Lipinski definition) is 5. The largest absolute Gasteiger partial charge is 0.371 e. The van der Waals surface area contributed by atoms with Crippen molar-refractivity contribution < 1.29 is 18.4 Å². The summed E-state index contributed by atoms with van der Waals surface area (Å²) in [7, 11) is -3.53. The van der Waals surface area contributed by atoms with Crippen molar-refractivity contribution in [3.8, 4) is 0 Å². The molecule has 6 nitrogen and oxygen atoms in total. The SMILES string of the molecule is O=C(/C=C/c1ccccc1S(=O)(=O)C1CCN(c2ccccc2)CC1)NO. The highest BCUT2D eigenvalue weighted by Gasteiger charge is 2.32. The molecule has 1 aliphatic rings. The van der Waals surface area contributed by atoms with Crippen LogP contribution < -0.4 is 10.4 Å². The lowest BCUT2D eigenvalue weighted by Gasteiger charge is -2.33. The Bertz CT molecular complexity index is 918. The molecule has 1 saturated heterocycles. The van der Waals surface area contributed by atoms with Crippen molar-refractivity contribution in [3.05, 3.63) is 66.2 Å². The van der Waals surface area contributed by atoms with Gasteiger partial charge in [-0.15, -0.1) is 0 Å². The standard InChI is InChI=1S/C20H22N2O4S/c23-20(21-24)11-10-16-6-4-5-9-19(16)27(25,26)18-12-14-22(15-13-18)17-7-2-1-3-8-17/h1-11,18,24H,12-15H2,(H,21,23)/b11-10+. The van der Waals surface area contributed by atoms with E-state index in [1.54, 1.807) is 24.3 Å². The summed E-state index contributed by atoms with van der Waals surface area (Å²) in [5, 5.41) is 8.13. The number of amides is 1. The highest BCUT2D eigenvalue weighted by atomic mass is 32.2. The summed E-state index contributed by atoms with van der Waals surface area (Å²) in [4.78, 5) is 13.6. The summed E-state index contributed by atoms with van der Waals surface area (Å²) in [6.45, 7) is 1.36. The van der Waals surface area contributed by atoms with Crippen LogP contribution in [0.5, 0.6) is 0 Å². The third kappa shape index (κ3) is 4.37. The summed E-state index contributed by atoms with van der Waals surface area (Å²) in [5.74, 6) is -0.710. The minimum atomic E-state index is -3.53. The Balaban J connectivity index is 1.78. The molecule has 0 spiro atoms. The number of benzene rings is 2. The second kappa shape index (κ2) is 8.37. The lowest BCUT2D eigenvalue weighted by Crippen LogP contribution is -2.39. The van der Waals surface area contributed by atoms with Crippen LogP contribution in [0, 0.1) is 0 Å². The second-order valence-corrected chi connectivity index (χ2v) is 8.61. The van der Waals surface area contributed by atoms with Gasteiger partial charge in [0.05, 0.1) is 10.1 Å². The fraction of sp³-hybridized carbons (Fsp3) is 0.250. The van der Waals surface area contributed by atoms with Crippen molar-refractivity contribution >= 4 is 27.5 Å². The molecule has 0 atom stereocenters. The molecule has 1 amide bonds. The molecule has 1 fully saturated rings. The van der Waals surface area contributed by atoms with Gasteiger partial charge in [0.1, 0.15) is 0 Å². The fourth-order valence-electron chi connectivity index (χ4n) is 3.32. The molecule has 2 aromatic rings. The lowest BCUT2D eigenvalue weighted by molar-refractivity contribution is -0.124. The van der Waals surface area contributed by atoms with Gasteiger partial charge in [-0.25, -0.2) is 13.9 Å². The first kappa shape index (κ1) is 19.1. The molecule has 0 bridgehead atoms. The van der Waals surface area contributed by atoms with Crippen molar-refractivity contribution in [1.29, 1.82) is 0 Å². The molecular formula is C20H22N2O4S. The van der Waals surface area contributed by atoms with Gasteiger partial charge in [-0.05, 0) is 42.7 Å². The van der Waals surface area contributed by atoms with Gasteiger partial charge in [0, 0.05) is 24.9 Å². The summed E-state index contributed by atoms with van der Waals surface area (Å²) in [6.07, 6.45) is 3.60. The quantitative estimate of drug-likeness (QED) is 0.469. The predicted octanol–water partition coefficient (Wildman–Crippen LogP) is 2.65. The van der Waals surface area contributed by atoms with Gasteiger partial charge >= 0.3 is 0 Å². The summed E-state index contributed by atoms with van der Waals surface area (Å²) < 4.78 is 26.3. The monoisotopic (exact) mass is 386 g/mol. The van der Waals surface area contributed by atoms with Gasteiger partial charge in [-0.2, -0.15) is 0 Å². The van der Waals surface area contributed by atoms with Gasteiger partial charge in [-0.3, -0.25) is 10.0 Å². The first-order valence-corrected chi connectivity index (χ1v) is 10.3. The van der Waals surface area contributed by atoms with Gasteiger partial charge in [0.15, 0.2) is 9.84 Å². The van der Waals surface area contributed by atoms with Crippen LogP contribution in [0.4, 0.5) is 5.69 Å². The Hall–Kier alpha value is -2.64. The molecule has 1 heterocycles. The molecule has 2 N–H and O–H groups in total. The van der Waals surface area contributed by atoms with E-state index in [0.717, 1.165) is 11.8 Å². The van der Waals surface area contributed by atoms with Gasteiger partial charge in [0.25, 0.3) is 5.91 Å². The van der Waals surface area contributed by atoms with E-state index in [4.69, 9.17) is 5.21 Å². The second-order valence-electron chi connectivity index (χ2n) is 6.41. The molecule has 27 heavy (non-hydrogen) atoms. The first-order valence-electron chi connectivity index (χ1n) is 8.77. The zero-order valence-electron chi connectivity index (χ0n) is 14.8. The van der Waals surface area contributed by atoms with Crippen LogP contribution in [0.1, 0.15) is 18.4 Å². The molecule has 142 valence electrons. The van der Waals surface area contributed by atoms with Crippen LogP contribution in [0.2, 0.25) is 0 Å². The number of carbonyl (C=O) groups is 1. The number of nitrogens with one attached hydrogen (secondary N) is 1. The first-order chi connectivity index (χ1) is 13.0. The van der Waals surface area contributed by atoms with Crippen molar-refractivity contribution in [3.63, 3.8) is 0 Å². The molecular weight excluding hydrogens is 364 g/mol. The smallest absolute Gasteiger partial charge is 0.267 e. The molecule has 7 heteroatoms. The zero-order valence-corrected chi connectivity index (χ0v) is 15.6. The molecule has 0 radical (unpaired) electrons. The third-order valence-corrected chi connectivity index (χ3v) is 7.09. The van der Waals surface area contributed by atoms with E-state index < -0.39 is 21.0 Å². The van der Waals surface area contributed by atoms with Crippen LogP contribution in [0.15, 0.2) is 65.6 Å². The molecule has 0 aromatic heterocycles. The number of nitrogens with zero attached hydrogens (tertiary/aromatic N) is 1. The normalized spacial score (nSPS) is 15.8. The van der Waals surface area contributed by atoms with E-state index >= 15 is 0 Å². The van der Waals surface area contributed by atoms with Crippen LogP contribution in [-0.4, -0.2) is 37.9 Å². The fourth-order valence-corrected chi connectivity index (χ4v) is 5.25. The van der Waals surface area contributed by atoms with E-state index in [-0.39, 0.29) is 4.90 Å². The molecule has 1 aliphatic heterocycles. The maximum absolute atomic E-state index is 13.2. The van der Waals surface area contributed by atoms with E-state index in [1.165, 1.54) is 11.6 Å². The van der Waals surface area contributed by atoms with E-state index in [1.807, 2.05) is 30.3 Å². The highest BCUT2D eigenvalue weighted by molar-refractivity contribution is 7.92. The van der Waals surface area contributed by atoms with Gasteiger partial charge < -0.3 is 4.90 Å². The number of hydroxylamine groups is 1. The van der Waals surface area contributed by atoms with Gasteiger partial charge in [-0.1, -0.05) is 36.4 Å². The Morgan fingerprint density at radius 2 is 1.67 bits per heavy atom. The van der Waals surface area contributed by atoms with E-state index in [9.17, 15) is 13.2 Å². The Labute approximate surface area is 159 Å². The highest BCUT2D eigenvalue weighted by Crippen LogP contribution is 2.29. The number of rotatable bonds is 5. The Morgan fingerprint density at radius 3 is 2.33 bits per heavy atom.